The molecule has 1 aliphatic heterocycles. The topological polar surface area (TPSA) is 55.8 Å². The third-order valence-electron chi connectivity index (χ3n) is 5.54. The van der Waals surface area contributed by atoms with Crippen LogP contribution in [0.25, 0.3) is 0 Å². The van der Waals surface area contributed by atoms with Gasteiger partial charge in [-0.15, -0.1) is 0 Å². The minimum Gasteiger partial charge on any atom is -0.461 e. The van der Waals surface area contributed by atoms with Gasteiger partial charge in [0.05, 0.1) is 19.3 Å². The fraction of sp³-hybridized carbons (Fsp3) is 0.588. The summed E-state index contributed by atoms with van der Waals surface area (Å²) >= 11 is 0. The van der Waals surface area contributed by atoms with Crippen molar-refractivity contribution in [2.24, 2.45) is 17.3 Å². The van der Waals surface area contributed by atoms with E-state index in [-0.39, 0.29) is 24.6 Å². The average Bonchev–Trinajstić information content (AvgIpc) is 3.09. The maximum atomic E-state index is 12.4. The van der Waals surface area contributed by atoms with E-state index in [1.807, 2.05) is 30.3 Å². The van der Waals surface area contributed by atoms with Gasteiger partial charge in [-0.25, -0.2) is 0 Å². The zero-order valence-corrected chi connectivity index (χ0v) is 11.9. The second-order valence-electron chi connectivity index (χ2n) is 6.58. The Hall–Kier alpha value is -1.39. The van der Waals surface area contributed by atoms with Gasteiger partial charge in [-0.2, -0.15) is 0 Å². The molecule has 2 aliphatic carbocycles. The van der Waals surface area contributed by atoms with Gasteiger partial charge in [-0.05, 0) is 30.7 Å². The summed E-state index contributed by atoms with van der Waals surface area (Å²) in [4.78, 5) is 12.4. The van der Waals surface area contributed by atoms with E-state index in [4.69, 9.17) is 9.47 Å². The molecule has 0 bridgehead atoms. The number of ether oxygens (including phenoxy) is 2. The van der Waals surface area contributed by atoms with Crippen LogP contribution in [0.15, 0.2) is 30.3 Å². The molecular formula is C17H20O4. The number of rotatable bonds is 4. The van der Waals surface area contributed by atoms with Crippen molar-refractivity contribution in [3.8, 4) is 0 Å². The van der Waals surface area contributed by atoms with Crippen LogP contribution in [0.4, 0.5) is 0 Å². The third kappa shape index (κ3) is 1.86. The molecule has 112 valence electrons. The molecule has 21 heavy (non-hydrogen) atoms. The summed E-state index contributed by atoms with van der Waals surface area (Å²) in [7, 11) is 0. The molecule has 0 amide bonds. The smallest absolute Gasteiger partial charge is 0.317 e. The largest absolute Gasteiger partial charge is 0.461 e. The molecule has 2 saturated carbocycles. The Morgan fingerprint density at radius 3 is 2.90 bits per heavy atom. The maximum Gasteiger partial charge on any atom is 0.317 e. The number of hydrogen-bond donors (Lipinski definition) is 1. The highest BCUT2D eigenvalue weighted by Crippen LogP contribution is 2.60. The quantitative estimate of drug-likeness (QED) is 0.860. The second-order valence-corrected chi connectivity index (χ2v) is 6.58. The van der Waals surface area contributed by atoms with Crippen LogP contribution in [0.3, 0.4) is 0 Å². The van der Waals surface area contributed by atoms with Crippen LogP contribution in [-0.4, -0.2) is 29.9 Å². The summed E-state index contributed by atoms with van der Waals surface area (Å²) in [5, 5.41) is 10.5. The molecule has 5 atom stereocenters. The third-order valence-corrected chi connectivity index (χ3v) is 5.54. The number of carbonyl (C=O) groups excluding carboxylic acids is 1. The molecule has 0 radical (unpaired) electrons. The molecule has 3 fully saturated rings. The number of esters is 1. The molecule has 4 rings (SSSR count). The molecule has 1 heterocycles. The summed E-state index contributed by atoms with van der Waals surface area (Å²) in [5.41, 5.74) is 0.257. The van der Waals surface area contributed by atoms with Crippen LogP contribution in [0.5, 0.6) is 0 Å². The molecule has 4 heteroatoms. The monoisotopic (exact) mass is 288 g/mol. The van der Waals surface area contributed by atoms with Gasteiger partial charge >= 0.3 is 5.97 Å². The van der Waals surface area contributed by atoms with E-state index in [2.05, 4.69) is 0 Å². The van der Waals surface area contributed by atoms with Crippen LogP contribution >= 0.6 is 0 Å². The van der Waals surface area contributed by atoms with Crippen LogP contribution in [0.2, 0.25) is 0 Å². The number of carbonyl (C=O) groups is 1. The fourth-order valence-electron chi connectivity index (χ4n) is 4.59. The van der Waals surface area contributed by atoms with E-state index >= 15 is 0 Å². The van der Waals surface area contributed by atoms with Crippen molar-refractivity contribution in [3.63, 3.8) is 0 Å². The minimum atomic E-state index is -0.819. The van der Waals surface area contributed by atoms with Gasteiger partial charge in [-0.1, -0.05) is 30.3 Å². The average molecular weight is 288 g/mol. The summed E-state index contributed by atoms with van der Waals surface area (Å²) < 4.78 is 11.3. The van der Waals surface area contributed by atoms with Crippen LogP contribution in [0.1, 0.15) is 24.8 Å². The first kappa shape index (κ1) is 13.3. The Morgan fingerprint density at radius 1 is 1.29 bits per heavy atom. The molecule has 1 aromatic rings. The molecule has 0 unspecified atom stereocenters. The first-order valence-corrected chi connectivity index (χ1v) is 7.72. The lowest BCUT2D eigenvalue weighted by atomic mass is 9.76. The Balaban J connectivity index is 1.51. The predicted molar refractivity (Wildman–Crippen MR) is 75.2 cm³/mol. The first-order chi connectivity index (χ1) is 10.2. The zero-order chi connectivity index (χ0) is 14.4. The van der Waals surface area contributed by atoms with E-state index in [0.29, 0.717) is 18.9 Å². The number of aliphatic hydroxyl groups excluding tert-OH is 1. The number of hydrogen-bond acceptors (Lipinski definition) is 4. The van der Waals surface area contributed by atoms with Gasteiger partial charge in [0.15, 0.2) is 0 Å². The zero-order valence-electron chi connectivity index (χ0n) is 11.9. The van der Waals surface area contributed by atoms with Crippen molar-refractivity contribution in [2.75, 3.05) is 6.61 Å². The van der Waals surface area contributed by atoms with Gasteiger partial charge in [0, 0.05) is 5.92 Å². The maximum absolute atomic E-state index is 12.4. The van der Waals surface area contributed by atoms with Crippen LogP contribution in [-0.2, 0) is 20.9 Å². The van der Waals surface area contributed by atoms with Gasteiger partial charge in [0.1, 0.15) is 11.5 Å². The number of aliphatic hydroxyl groups is 1. The molecule has 4 nitrogen and oxygen atoms in total. The lowest BCUT2D eigenvalue weighted by Gasteiger charge is -2.28. The van der Waals surface area contributed by atoms with E-state index in [1.54, 1.807) is 0 Å². The van der Waals surface area contributed by atoms with E-state index in [0.717, 1.165) is 18.4 Å². The van der Waals surface area contributed by atoms with E-state index in [1.165, 1.54) is 0 Å². The standard InChI is InChI=1S/C17H20O4/c18-14-8-12-6-7-13-15(12)17(14,16(19)21-13)10-20-9-11-4-2-1-3-5-11/h1-5,12-15,18H,6-10H2/t12-,13-,14+,15+,17+/m1/s1. The molecule has 1 saturated heterocycles. The molecule has 1 aromatic carbocycles. The van der Waals surface area contributed by atoms with Gasteiger partial charge in [0.25, 0.3) is 0 Å². The summed E-state index contributed by atoms with van der Waals surface area (Å²) in [6, 6.07) is 9.89. The van der Waals surface area contributed by atoms with Gasteiger partial charge in [-0.3, -0.25) is 4.79 Å². The Labute approximate surface area is 124 Å². The summed E-state index contributed by atoms with van der Waals surface area (Å²) in [6.45, 7) is 0.726. The molecular weight excluding hydrogens is 268 g/mol. The molecule has 0 aromatic heterocycles. The van der Waals surface area contributed by atoms with Gasteiger partial charge in [0.2, 0.25) is 0 Å². The molecule has 0 spiro atoms. The van der Waals surface area contributed by atoms with E-state index < -0.39 is 11.5 Å². The van der Waals surface area contributed by atoms with Crippen molar-refractivity contribution in [2.45, 2.75) is 38.1 Å². The number of benzene rings is 1. The summed E-state index contributed by atoms with van der Waals surface area (Å²) in [5.74, 6) is 0.313. The Morgan fingerprint density at radius 2 is 2.10 bits per heavy atom. The van der Waals surface area contributed by atoms with Crippen molar-refractivity contribution in [3.05, 3.63) is 35.9 Å². The van der Waals surface area contributed by atoms with E-state index in [9.17, 15) is 9.90 Å². The first-order valence-electron chi connectivity index (χ1n) is 7.72. The highest BCUT2D eigenvalue weighted by atomic mass is 16.6. The van der Waals surface area contributed by atoms with Crippen molar-refractivity contribution in [1.82, 2.24) is 0 Å². The minimum absolute atomic E-state index is 0.0000229. The van der Waals surface area contributed by atoms with Crippen molar-refractivity contribution >= 4 is 5.97 Å². The van der Waals surface area contributed by atoms with Crippen molar-refractivity contribution in [1.29, 1.82) is 0 Å². The van der Waals surface area contributed by atoms with Crippen LogP contribution in [0, 0.1) is 17.3 Å². The van der Waals surface area contributed by atoms with Crippen molar-refractivity contribution < 1.29 is 19.4 Å². The lowest BCUT2D eigenvalue weighted by molar-refractivity contribution is -0.158. The highest BCUT2D eigenvalue weighted by molar-refractivity contribution is 5.81. The SMILES string of the molecule is O=C1O[C@@H]2CC[C@@H]3C[C@H](O)[C@@]1(COCc1ccccc1)[C@@H]32. The second kappa shape index (κ2) is 4.82. The van der Waals surface area contributed by atoms with Crippen LogP contribution < -0.4 is 0 Å². The predicted octanol–water partition coefficient (Wildman–Crippen LogP) is 1.91. The normalized spacial score (nSPS) is 40.3. The lowest BCUT2D eigenvalue weighted by Crippen LogP contribution is -2.44. The Kier molecular flexibility index (Phi) is 3.05. The highest BCUT2D eigenvalue weighted by Gasteiger charge is 2.69. The Bertz CT molecular complexity index is 543. The fourth-order valence-corrected chi connectivity index (χ4v) is 4.59. The van der Waals surface area contributed by atoms with Gasteiger partial charge < -0.3 is 14.6 Å². The summed E-state index contributed by atoms with van der Waals surface area (Å²) in [6.07, 6.45) is 2.08. The molecule has 1 N–H and O–H groups in total. The molecule has 3 aliphatic rings.